The molecule has 1 aromatic carbocycles. The number of hydrogen-bond acceptors (Lipinski definition) is 1. The summed E-state index contributed by atoms with van der Waals surface area (Å²) >= 11 is 0. The normalized spacial score (nSPS) is 23.6. The maximum atomic E-state index is 2.79. The molecule has 0 spiro atoms. The van der Waals surface area contributed by atoms with E-state index in [1.807, 2.05) is 0 Å². The van der Waals surface area contributed by atoms with E-state index in [-0.39, 0.29) is 0 Å². The van der Waals surface area contributed by atoms with Gasteiger partial charge in [-0.2, -0.15) is 0 Å². The fourth-order valence-electron chi connectivity index (χ4n) is 3.52. The Hall–Kier alpha value is -0.820. The van der Waals surface area contributed by atoms with Crippen LogP contribution in [-0.4, -0.2) is 24.0 Å². The summed E-state index contributed by atoms with van der Waals surface area (Å²) in [6, 6.07) is 11.9. The Morgan fingerprint density at radius 1 is 0.944 bits per heavy atom. The molecule has 1 atom stereocenters. The molecule has 1 unspecified atom stereocenters. The summed E-state index contributed by atoms with van der Waals surface area (Å²) in [4.78, 5) is 2.79. The lowest BCUT2D eigenvalue weighted by atomic mass is 9.76. The summed E-state index contributed by atoms with van der Waals surface area (Å²) in [5.41, 5.74) is 1.53. The minimum Gasteiger partial charge on any atom is -0.300 e. The molecule has 1 nitrogen and oxygen atoms in total. The lowest BCUT2D eigenvalue weighted by Gasteiger charge is -2.43. The SMILES string of the molecule is c1ccc(CC(C2CCC2)N2CCCCC2)cc1. The molecule has 2 aliphatic rings. The van der Waals surface area contributed by atoms with E-state index in [1.54, 1.807) is 0 Å². The fourth-order valence-corrected chi connectivity index (χ4v) is 3.52. The Morgan fingerprint density at radius 3 is 2.28 bits per heavy atom. The Kier molecular flexibility index (Phi) is 3.99. The molecule has 0 aromatic heterocycles. The third-order valence-corrected chi connectivity index (χ3v) is 4.84. The zero-order valence-electron chi connectivity index (χ0n) is 11.4. The molecule has 0 amide bonds. The van der Waals surface area contributed by atoms with Gasteiger partial charge >= 0.3 is 0 Å². The smallest absolute Gasteiger partial charge is 0.0164 e. The van der Waals surface area contributed by atoms with E-state index >= 15 is 0 Å². The quantitative estimate of drug-likeness (QED) is 0.775. The van der Waals surface area contributed by atoms with Gasteiger partial charge in [-0.3, -0.25) is 4.90 Å². The zero-order valence-corrected chi connectivity index (χ0v) is 11.4. The van der Waals surface area contributed by atoms with Crippen LogP contribution in [0.2, 0.25) is 0 Å². The topological polar surface area (TPSA) is 3.24 Å². The lowest BCUT2D eigenvalue weighted by molar-refractivity contribution is 0.0781. The first-order valence-corrected chi connectivity index (χ1v) is 7.71. The highest BCUT2D eigenvalue weighted by Gasteiger charge is 2.32. The first-order valence-electron chi connectivity index (χ1n) is 7.71. The molecule has 0 radical (unpaired) electrons. The van der Waals surface area contributed by atoms with Crippen LogP contribution in [0.1, 0.15) is 44.1 Å². The van der Waals surface area contributed by atoms with Gasteiger partial charge in [-0.25, -0.2) is 0 Å². The molecule has 1 saturated heterocycles. The van der Waals surface area contributed by atoms with Gasteiger partial charge in [0.25, 0.3) is 0 Å². The van der Waals surface area contributed by atoms with E-state index in [0.717, 1.165) is 12.0 Å². The molecule has 98 valence electrons. The van der Waals surface area contributed by atoms with Crippen LogP contribution in [0.15, 0.2) is 30.3 Å². The van der Waals surface area contributed by atoms with Crippen LogP contribution in [-0.2, 0) is 6.42 Å². The number of hydrogen-bond donors (Lipinski definition) is 0. The molecule has 1 aliphatic carbocycles. The van der Waals surface area contributed by atoms with E-state index in [1.165, 1.54) is 63.6 Å². The Balaban J connectivity index is 1.68. The average molecular weight is 243 g/mol. The maximum absolute atomic E-state index is 2.79. The highest BCUT2D eigenvalue weighted by molar-refractivity contribution is 5.16. The lowest BCUT2D eigenvalue weighted by Crippen LogP contribution is -2.46. The van der Waals surface area contributed by atoms with Crippen LogP contribution in [0, 0.1) is 5.92 Å². The zero-order chi connectivity index (χ0) is 12.2. The summed E-state index contributed by atoms with van der Waals surface area (Å²) < 4.78 is 0. The van der Waals surface area contributed by atoms with Crippen molar-refractivity contribution in [1.29, 1.82) is 0 Å². The van der Waals surface area contributed by atoms with Crippen molar-refractivity contribution >= 4 is 0 Å². The van der Waals surface area contributed by atoms with Gasteiger partial charge in [0.2, 0.25) is 0 Å². The first-order chi connectivity index (χ1) is 8.93. The molecule has 2 fully saturated rings. The van der Waals surface area contributed by atoms with Crippen molar-refractivity contribution < 1.29 is 0 Å². The van der Waals surface area contributed by atoms with Crippen molar-refractivity contribution in [2.45, 2.75) is 51.0 Å². The Labute approximate surface area is 111 Å². The van der Waals surface area contributed by atoms with Crippen LogP contribution >= 0.6 is 0 Å². The minimum absolute atomic E-state index is 0.821. The number of nitrogens with zero attached hydrogens (tertiary/aromatic N) is 1. The van der Waals surface area contributed by atoms with Crippen molar-refractivity contribution in [3.8, 4) is 0 Å². The molecule has 18 heavy (non-hydrogen) atoms. The van der Waals surface area contributed by atoms with Crippen LogP contribution in [0.25, 0.3) is 0 Å². The molecule has 1 aliphatic heterocycles. The van der Waals surface area contributed by atoms with Gasteiger partial charge in [-0.1, -0.05) is 43.2 Å². The van der Waals surface area contributed by atoms with E-state index < -0.39 is 0 Å². The number of likely N-dealkylation sites (tertiary alicyclic amines) is 1. The summed E-state index contributed by atoms with van der Waals surface area (Å²) in [5, 5.41) is 0. The van der Waals surface area contributed by atoms with Crippen LogP contribution in [0.4, 0.5) is 0 Å². The summed E-state index contributed by atoms with van der Waals surface area (Å²) in [6.07, 6.45) is 9.94. The molecule has 1 heteroatoms. The summed E-state index contributed by atoms with van der Waals surface area (Å²) in [6.45, 7) is 2.68. The molecule has 0 bridgehead atoms. The van der Waals surface area contributed by atoms with Gasteiger partial charge in [-0.15, -0.1) is 0 Å². The number of piperidine rings is 1. The van der Waals surface area contributed by atoms with Gasteiger partial charge in [0.15, 0.2) is 0 Å². The van der Waals surface area contributed by atoms with Crippen molar-refractivity contribution in [3.63, 3.8) is 0 Å². The first kappa shape index (κ1) is 12.2. The molecule has 0 N–H and O–H groups in total. The van der Waals surface area contributed by atoms with Crippen molar-refractivity contribution in [2.75, 3.05) is 13.1 Å². The highest BCUT2D eigenvalue weighted by atomic mass is 15.2. The van der Waals surface area contributed by atoms with Gasteiger partial charge < -0.3 is 0 Å². The van der Waals surface area contributed by atoms with Gasteiger partial charge in [0.1, 0.15) is 0 Å². The van der Waals surface area contributed by atoms with Crippen LogP contribution in [0.3, 0.4) is 0 Å². The van der Waals surface area contributed by atoms with Crippen molar-refractivity contribution in [3.05, 3.63) is 35.9 Å². The molecule has 1 heterocycles. The molecule has 1 saturated carbocycles. The molecular weight excluding hydrogens is 218 g/mol. The second-order valence-corrected chi connectivity index (χ2v) is 6.04. The number of rotatable bonds is 4. The fraction of sp³-hybridized carbons (Fsp3) is 0.647. The standard InChI is InChI=1S/C17H25N/c1-3-8-15(9-4-1)14-17(16-10-7-11-16)18-12-5-2-6-13-18/h1,3-4,8-9,16-17H,2,5-7,10-14H2. The summed E-state index contributed by atoms with van der Waals surface area (Å²) in [7, 11) is 0. The predicted octanol–water partition coefficient (Wildman–Crippen LogP) is 3.88. The van der Waals surface area contributed by atoms with Crippen molar-refractivity contribution in [1.82, 2.24) is 4.90 Å². The van der Waals surface area contributed by atoms with Gasteiger partial charge in [0.05, 0.1) is 0 Å². The third kappa shape index (κ3) is 2.77. The van der Waals surface area contributed by atoms with E-state index in [2.05, 4.69) is 35.2 Å². The molecular formula is C17H25N. The molecule has 3 rings (SSSR count). The minimum atomic E-state index is 0.821. The predicted molar refractivity (Wildman–Crippen MR) is 76.7 cm³/mol. The summed E-state index contributed by atoms with van der Waals surface area (Å²) in [5.74, 6) is 0.975. The van der Waals surface area contributed by atoms with Crippen molar-refractivity contribution in [2.24, 2.45) is 5.92 Å². The average Bonchev–Trinajstić information content (AvgIpc) is 2.38. The number of benzene rings is 1. The Morgan fingerprint density at radius 2 is 1.67 bits per heavy atom. The second-order valence-electron chi connectivity index (χ2n) is 6.04. The second kappa shape index (κ2) is 5.88. The van der Waals surface area contributed by atoms with E-state index in [4.69, 9.17) is 0 Å². The monoisotopic (exact) mass is 243 g/mol. The maximum Gasteiger partial charge on any atom is 0.0164 e. The van der Waals surface area contributed by atoms with Crippen LogP contribution in [0.5, 0.6) is 0 Å². The van der Waals surface area contributed by atoms with Crippen LogP contribution < -0.4 is 0 Å². The van der Waals surface area contributed by atoms with E-state index in [9.17, 15) is 0 Å². The Bertz CT molecular complexity index is 349. The van der Waals surface area contributed by atoms with E-state index in [0.29, 0.717) is 0 Å². The third-order valence-electron chi connectivity index (χ3n) is 4.84. The highest BCUT2D eigenvalue weighted by Crippen LogP contribution is 2.34. The van der Waals surface area contributed by atoms with Gasteiger partial charge in [0, 0.05) is 6.04 Å². The van der Waals surface area contributed by atoms with Gasteiger partial charge in [-0.05, 0) is 56.7 Å². The molecule has 1 aromatic rings. The largest absolute Gasteiger partial charge is 0.300 e.